The van der Waals surface area contributed by atoms with Gasteiger partial charge in [0.15, 0.2) is 6.29 Å². The van der Waals surface area contributed by atoms with Crippen molar-refractivity contribution in [2.24, 2.45) is 17.3 Å². The summed E-state index contributed by atoms with van der Waals surface area (Å²) in [6.45, 7) is 5.87. The normalized spacial score (nSPS) is 34.6. The molecule has 4 aliphatic rings. The number of sulfonamides is 1. The lowest BCUT2D eigenvalue weighted by molar-refractivity contribution is -0.177. The van der Waals surface area contributed by atoms with Gasteiger partial charge in [-0.2, -0.15) is 0 Å². The van der Waals surface area contributed by atoms with E-state index in [1.54, 1.807) is 24.3 Å². The Morgan fingerprint density at radius 3 is 2.61 bits per heavy atom. The van der Waals surface area contributed by atoms with E-state index in [0.717, 1.165) is 45.1 Å². The van der Waals surface area contributed by atoms with E-state index in [2.05, 4.69) is 18.6 Å². The van der Waals surface area contributed by atoms with Crippen molar-refractivity contribution >= 4 is 10.0 Å². The van der Waals surface area contributed by atoms with Gasteiger partial charge in [0.25, 0.3) is 0 Å². The first-order valence-electron chi connectivity index (χ1n) is 10.7. The molecule has 5 nitrogen and oxygen atoms in total. The van der Waals surface area contributed by atoms with Gasteiger partial charge in [0.2, 0.25) is 10.0 Å². The maximum Gasteiger partial charge on any atom is 0.241 e. The molecule has 0 spiro atoms. The lowest BCUT2D eigenvalue weighted by atomic mass is 9.41. The number of hydrogen-bond acceptors (Lipinski definition) is 4. The van der Waals surface area contributed by atoms with Crippen LogP contribution in [0.15, 0.2) is 35.2 Å². The van der Waals surface area contributed by atoms with Gasteiger partial charge in [0.05, 0.1) is 11.5 Å². The molecular formula is C22H33NO4S. The molecule has 1 aromatic rings. The van der Waals surface area contributed by atoms with Gasteiger partial charge >= 0.3 is 0 Å². The predicted molar refractivity (Wildman–Crippen MR) is 108 cm³/mol. The van der Waals surface area contributed by atoms with Crippen molar-refractivity contribution < 1.29 is 17.9 Å². The summed E-state index contributed by atoms with van der Waals surface area (Å²) in [6, 6.07) is 8.73. The van der Waals surface area contributed by atoms with E-state index in [1.807, 2.05) is 6.07 Å². The third kappa shape index (κ3) is 3.53. The lowest BCUT2D eigenvalue weighted by Crippen LogP contribution is -2.75. The van der Waals surface area contributed by atoms with Crippen molar-refractivity contribution in [2.75, 3.05) is 13.2 Å². The van der Waals surface area contributed by atoms with Crippen LogP contribution in [0.4, 0.5) is 0 Å². The van der Waals surface area contributed by atoms with Crippen molar-refractivity contribution in [2.45, 2.75) is 75.5 Å². The number of nitrogens with one attached hydrogen (secondary N) is 1. The van der Waals surface area contributed by atoms with Gasteiger partial charge < -0.3 is 9.47 Å². The summed E-state index contributed by atoms with van der Waals surface area (Å²) in [5.41, 5.74) is -0.430. The highest BCUT2D eigenvalue weighted by atomic mass is 32.2. The van der Waals surface area contributed by atoms with Crippen molar-refractivity contribution in [3.8, 4) is 0 Å². The standard InChI is InChI=1S/C22H33NO4S/c1-21(2)18-12-11-17(13-15-27-20-10-6-7-14-26-20)22(21,16-18)23-28(24,25)19-8-4-3-5-9-19/h3-5,8-9,17-18,20,23H,6-7,10-16H2,1-2H3/t17-,18-,20?,22+/m1/s1. The zero-order valence-electron chi connectivity index (χ0n) is 17.0. The fourth-order valence-electron chi connectivity index (χ4n) is 5.67. The highest BCUT2D eigenvalue weighted by Gasteiger charge is 2.66. The van der Waals surface area contributed by atoms with Gasteiger partial charge in [0.1, 0.15) is 0 Å². The minimum absolute atomic E-state index is 0.0426. The van der Waals surface area contributed by atoms with Crippen molar-refractivity contribution in [1.82, 2.24) is 4.72 Å². The number of fused-ring (bicyclic) bond motifs is 2. The van der Waals surface area contributed by atoms with Gasteiger partial charge in [-0.15, -0.1) is 0 Å². The van der Waals surface area contributed by atoms with E-state index in [0.29, 0.717) is 17.4 Å². The van der Waals surface area contributed by atoms with E-state index in [-0.39, 0.29) is 23.2 Å². The fraction of sp³-hybridized carbons (Fsp3) is 0.727. The Morgan fingerprint density at radius 2 is 1.93 bits per heavy atom. The van der Waals surface area contributed by atoms with Crippen LogP contribution in [0.1, 0.15) is 58.8 Å². The van der Waals surface area contributed by atoms with Gasteiger partial charge in [-0.05, 0) is 74.3 Å². The molecule has 4 fully saturated rings. The molecule has 6 heteroatoms. The molecule has 1 aromatic carbocycles. The van der Waals surface area contributed by atoms with Crippen LogP contribution in [0, 0.1) is 17.3 Å². The predicted octanol–water partition coefficient (Wildman–Crippen LogP) is 4.09. The summed E-state index contributed by atoms with van der Waals surface area (Å²) in [7, 11) is -3.55. The second-order valence-electron chi connectivity index (χ2n) is 9.24. The maximum atomic E-state index is 13.1. The Hall–Kier alpha value is -0.950. The molecule has 4 atom stereocenters. The zero-order chi connectivity index (χ0) is 19.8. The quantitative estimate of drug-likeness (QED) is 0.739. The van der Waals surface area contributed by atoms with Gasteiger partial charge in [-0.3, -0.25) is 0 Å². The monoisotopic (exact) mass is 407 g/mol. The topological polar surface area (TPSA) is 64.6 Å². The molecule has 1 N–H and O–H groups in total. The van der Waals surface area contributed by atoms with Crippen LogP contribution in [0.25, 0.3) is 0 Å². The summed E-state index contributed by atoms with van der Waals surface area (Å²) in [5, 5.41) is 0. The Kier molecular flexibility index (Phi) is 5.60. The van der Waals surface area contributed by atoms with Crippen LogP contribution >= 0.6 is 0 Å². The molecule has 0 radical (unpaired) electrons. The minimum atomic E-state index is -3.55. The van der Waals surface area contributed by atoms with Crippen molar-refractivity contribution in [3.63, 3.8) is 0 Å². The SMILES string of the molecule is CC1(C)[C@@H]2CC[C@H](CCOC3CCCCO3)[C@@]1(NS(=O)(=O)c1ccccc1)C2. The Labute approximate surface area is 169 Å². The average molecular weight is 408 g/mol. The molecule has 1 aliphatic heterocycles. The first-order chi connectivity index (χ1) is 13.4. The summed E-state index contributed by atoms with van der Waals surface area (Å²) < 4.78 is 41.1. The Bertz CT molecular complexity index is 773. The molecule has 28 heavy (non-hydrogen) atoms. The number of benzene rings is 1. The molecule has 156 valence electrons. The molecule has 3 saturated carbocycles. The van der Waals surface area contributed by atoms with Crippen LogP contribution in [0.5, 0.6) is 0 Å². The third-order valence-corrected chi connectivity index (χ3v) is 9.10. The van der Waals surface area contributed by atoms with Gasteiger partial charge in [-0.25, -0.2) is 13.1 Å². The minimum Gasteiger partial charge on any atom is -0.353 e. The highest BCUT2D eigenvalue weighted by molar-refractivity contribution is 7.89. The highest BCUT2D eigenvalue weighted by Crippen LogP contribution is 2.65. The molecule has 1 unspecified atom stereocenters. The lowest BCUT2D eigenvalue weighted by Gasteiger charge is -2.68. The summed E-state index contributed by atoms with van der Waals surface area (Å²) >= 11 is 0. The fourth-order valence-corrected chi connectivity index (χ4v) is 7.30. The molecular weight excluding hydrogens is 374 g/mol. The maximum absolute atomic E-state index is 13.1. The number of ether oxygens (including phenoxy) is 2. The Balaban J connectivity index is 1.48. The van der Waals surface area contributed by atoms with E-state index in [1.165, 1.54) is 6.42 Å². The molecule has 1 saturated heterocycles. The molecule has 3 aliphatic carbocycles. The first kappa shape index (κ1) is 20.3. The summed E-state index contributed by atoms with van der Waals surface area (Å²) in [4.78, 5) is 0.347. The average Bonchev–Trinajstić information content (AvgIpc) is 2.70. The largest absolute Gasteiger partial charge is 0.353 e. The van der Waals surface area contributed by atoms with Gasteiger partial charge in [-0.1, -0.05) is 32.0 Å². The van der Waals surface area contributed by atoms with Crippen LogP contribution in [0.2, 0.25) is 0 Å². The summed E-state index contributed by atoms with van der Waals surface area (Å²) in [5.74, 6) is 0.874. The second kappa shape index (κ2) is 7.71. The van der Waals surface area contributed by atoms with Crippen LogP contribution in [-0.4, -0.2) is 33.5 Å². The van der Waals surface area contributed by atoms with Crippen LogP contribution < -0.4 is 4.72 Å². The molecule has 2 bridgehead atoms. The number of rotatable bonds is 7. The van der Waals surface area contributed by atoms with E-state index >= 15 is 0 Å². The zero-order valence-corrected chi connectivity index (χ0v) is 17.8. The molecule has 5 rings (SSSR count). The van der Waals surface area contributed by atoms with Crippen molar-refractivity contribution in [3.05, 3.63) is 30.3 Å². The smallest absolute Gasteiger partial charge is 0.241 e. The molecule has 0 aromatic heterocycles. The van der Waals surface area contributed by atoms with E-state index < -0.39 is 10.0 Å². The second-order valence-corrected chi connectivity index (χ2v) is 10.9. The van der Waals surface area contributed by atoms with E-state index in [4.69, 9.17) is 9.47 Å². The van der Waals surface area contributed by atoms with Crippen molar-refractivity contribution in [1.29, 1.82) is 0 Å². The molecule has 0 amide bonds. The first-order valence-corrected chi connectivity index (χ1v) is 12.2. The third-order valence-electron chi connectivity index (χ3n) is 7.58. The van der Waals surface area contributed by atoms with Crippen LogP contribution in [0.3, 0.4) is 0 Å². The molecule has 1 heterocycles. The van der Waals surface area contributed by atoms with Gasteiger partial charge in [0, 0.05) is 12.1 Å². The van der Waals surface area contributed by atoms with E-state index in [9.17, 15) is 8.42 Å². The Morgan fingerprint density at radius 1 is 1.14 bits per heavy atom. The van der Waals surface area contributed by atoms with Crippen LogP contribution in [-0.2, 0) is 19.5 Å². The number of hydrogen-bond donors (Lipinski definition) is 1. The summed E-state index contributed by atoms with van der Waals surface area (Å²) in [6.07, 6.45) is 7.17.